The molecule has 0 spiro atoms. The van der Waals surface area contributed by atoms with Gasteiger partial charge >= 0.3 is 0 Å². The Labute approximate surface area is 182 Å². The fourth-order valence-corrected chi connectivity index (χ4v) is 4.55. The van der Waals surface area contributed by atoms with E-state index in [-0.39, 0.29) is 11.9 Å². The molecule has 4 aromatic carbocycles. The van der Waals surface area contributed by atoms with E-state index in [0.29, 0.717) is 6.42 Å². The van der Waals surface area contributed by atoms with Gasteiger partial charge in [-0.3, -0.25) is 10.1 Å². The molecule has 2 N–H and O–H groups in total. The minimum Gasteiger partial charge on any atom is -0.324 e. The summed E-state index contributed by atoms with van der Waals surface area (Å²) < 4.78 is 0. The van der Waals surface area contributed by atoms with Crippen LogP contribution in [0, 0.1) is 0 Å². The summed E-state index contributed by atoms with van der Waals surface area (Å²) in [6, 6.07) is 38.8. The zero-order valence-corrected chi connectivity index (χ0v) is 17.2. The fourth-order valence-electron chi connectivity index (χ4n) is 4.55. The van der Waals surface area contributed by atoms with E-state index in [2.05, 4.69) is 53.1 Å². The van der Waals surface area contributed by atoms with Gasteiger partial charge in [-0.05, 0) is 34.7 Å². The minimum absolute atomic E-state index is 0.00846. The molecule has 0 saturated heterocycles. The highest BCUT2D eigenvalue weighted by atomic mass is 16.2. The van der Waals surface area contributed by atoms with Crippen LogP contribution in [-0.4, -0.2) is 11.9 Å². The Morgan fingerprint density at radius 3 is 1.61 bits per heavy atom. The number of para-hydroxylation sites is 1. The molecule has 1 atom stereocenters. The first kappa shape index (κ1) is 19.3. The summed E-state index contributed by atoms with van der Waals surface area (Å²) in [6.07, 6.45) is 0.635. The van der Waals surface area contributed by atoms with Gasteiger partial charge in [0.2, 0.25) is 5.91 Å². The molecule has 4 aromatic rings. The maximum absolute atomic E-state index is 13.2. The van der Waals surface area contributed by atoms with Crippen molar-refractivity contribution in [1.82, 2.24) is 5.32 Å². The van der Waals surface area contributed by atoms with Crippen LogP contribution in [0.1, 0.15) is 22.3 Å². The number of benzene rings is 4. The molecule has 0 bridgehead atoms. The van der Waals surface area contributed by atoms with Crippen molar-refractivity contribution in [3.05, 3.63) is 138 Å². The van der Waals surface area contributed by atoms with E-state index in [0.717, 1.165) is 27.9 Å². The maximum atomic E-state index is 13.2. The molecule has 31 heavy (non-hydrogen) atoms. The zero-order chi connectivity index (χ0) is 21.1. The first-order valence-corrected chi connectivity index (χ1v) is 10.6. The van der Waals surface area contributed by atoms with Crippen LogP contribution in [-0.2, 0) is 16.8 Å². The largest absolute Gasteiger partial charge is 0.324 e. The monoisotopic (exact) mass is 404 g/mol. The van der Waals surface area contributed by atoms with Gasteiger partial charge in [-0.15, -0.1) is 0 Å². The second-order valence-electron chi connectivity index (χ2n) is 7.90. The first-order chi connectivity index (χ1) is 15.3. The molecule has 1 amide bonds. The number of carbonyl (C=O) groups is 1. The predicted octanol–water partition coefficient (Wildman–Crippen LogP) is 5.13. The van der Waals surface area contributed by atoms with E-state index in [9.17, 15) is 4.79 Å². The van der Waals surface area contributed by atoms with Crippen molar-refractivity contribution in [3.8, 4) is 0 Å². The highest BCUT2D eigenvalue weighted by molar-refractivity contribution is 5.98. The van der Waals surface area contributed by atoms with Crippen LogP contribution in [0.2, 0.25) is 0 Å². The van der Waals surface area contributed by atoms with Crippen molar-refractivity contribution >= 4 is 11.6 Å². The lowest BCUT2D eigenvalue weighted by Crippen LogP contribution is -2.55. The molecular formula is C28H24N2O. The lowest BCUT2D eigenvalue weighted by Gasteiger charge is -2.41. The average molecular weight is 405 g/mol. The second-order valence-corrected chi connectivity index (χ2v) is 7.90. The zero-order valence-electron chi connectivity index (χ0n) is 17.2. The van der Waals surface area contributed by atoms with Crippen LogP contribution in [0.5, 0.6) is 0 Å². The van der Waals surface area contributed by atoms with E-state index in [1.807, 2.05) is 72.8 Å². The van der Waals surface area contributed by atoms with Crippen molar-refractivity contribution in [1.29, 1.82) is 0 Å². The number of hydrogen-bond donors (Lipinski definition) is 2. The highest BCUT2D eigenvalue weighted by Crippen LogP contribution is 2.38. The Morgan fingerprint density at radius 2 is 1.10 bits per heavy atom. The summed E-state index contributed by atoms with van der Waals surface area (Å²) in [5.41, 5.74) is 4.66. The van der Waals surface area contributed by atoms with Crippen LogP contribution in [0.15, 0.2) is 115 Å². The molecule has 1 aliphatic heterocycles. The van der Waals surface area contributed by atoms with Crippen LogP contribution in [0.25, 0.3) is 0 Å². The lowest BCUT2D eigenvalue weighted by atomic mass is 9.76. The van der Waals surface area contributed by atoms with Gasteiger partial charge in [-0.1, -0.05) is 109 Å². The Balaban J connectivity index is 1.68. The number of anilines is 1. The number of nitrogens with one attached hydrogen (secondary N) is 2. The second kappa shape index (κ2) is 8.21. The molecule has 3 heteroatoms. The first-order valence-electron chi connectivity index (χ1n) is 10.6. The van der Waals surface area contributed by atoms with Gasteiger partial charge in [0, 0.05) is 5.69 Å². The Hall–Kier alpha value is -3.69. The molecule has 0 aromatic heterocycles. The van der Waals surface area contributed by atoms with E-state index in [4.69, 9.17) is 0 Å². The van der Waals surface area contributed by atoms with Crippen molar-refractivity contribution in [2.45, 2.75) is 18.0 Å². The van der Waals surface area contributed by atoms with Crippen molar-refractivity contribution in [3.63, 3.8) is 0 Å². The Bertz CT molecular complexity index is 1080. The summed E-state index contributed by atoms with van der Waals surface area (Å²) in [6.45, 7) is 0. The lowest BCUT2D eigenvalue weighted by molar-refractivity contribution is -0.118. The topological polar surface area (TPSA) is 41.1 Å². The molecule has 152 valence electrons. The number of carbonyl (C=O) groups excluding carboxylic acids is 1. The summed E-state index contributed by atoms with van der Waals surface area (Å²) in [4.78, 5) is 13.2. The Kier molecular flexibility index (Phi) is 5.11. The third-order valence-electron chi connectivity index (χ3n) is 6.03. The van der Waals surface area contributed by atoms with Crippen molar-refractivity contribution < 1.29 is 4.79 Å². The molecule has 1 aliphatic rings. The van der Waals surface area contributed by atoms with E-state index in [1.165, 1.54) is 0 Å². The van der Waals surface area contributed by atoms with E-state index in [1.54, 1.807) is 0 Å². The SMILES string of the molecule is O=C1Nc2ccccc2C[C@@H]1NC(c1ccccc1)(c1ccccc1)c1ccccc1. The van der Waals surface area contributed by atoms with E-state index >= 15 is 0 Å². The molecule has 0 fully saturated rings. The van der Waals surface area contributed by atoms with Crippen molar-refractivity contribution in [2.75, 3.05) is 5.32 Å². The smallest absolute Gasteiger partial charge is 0.241 e. The maximum Gasteiger partial charge on any atom is 0.241 e. The summed E-state index contributed by atoms with van der Waals surface area (Å²) in [5, 5.41) is 6.88. The molecule has 0 aliphatic carbocycles. The van der Waals surface area contributed by atoms with Gasteiger partial charge in [-0.25, -0.2) is 0 Å². The molecule has 1 heterocycles. The van der Waals surface area contributed by atoms with Gasteiger partial charge < -0.3 is 5.32 Å². The van der Waals surface area contributed by atoms with Crippen LogP contribution in [0.3, 0.4) is 0 Å². The number of hydrogen-bond acceptors (Lipinski definition) is 2. The van der Waals surface area contributed by atoms with Crippen molar-refractivity contribution in [2.24, 2.45) is 0 Å². The number of amides is 1. The predicted molar refractivity (Wildman–Crippen MR) is 125 cm³/mol. The van der Waals surface area contributed by atoms with Gasteiger partial charge in [-0.2, -0.15) is 0 Å². The summed E-state index contributed by atoms with van der Waals surface area (Å²) >= 11 is 0. The molecule has 5 rings (SSSR count). The standard InChI is InChI=1S/C28H24N2O/c31-27-26(20-21-12-10-11-19-25(21)29-27)30-28(22-13-4-1-5-14-22,23-15-6-2-7-16-23)24-17-8-3-9-18-24/h1-19,26,30H,20H2,(H,29,31)/t26-/m0/s1. The highest BCUT2D eigenvalue weighted by Gasteiger charge is 2.40. The van der Waals surface area contributed by atoms with Gasteiger partial charge in [0.15, 0.2) is 0 Å². The average Bonchev–Trinajstić information content (AvgIpc) is 2.84. The third kappa shape index (κ3) is 3.54. The fraction of sp³-hybridized carbons (Fsp3) is 0.107. The number of fused-ring (bicyclic) bond motifs is 1. The van der Waals surface area contributed by atoms with Crippen LogP contribution >= 0.6 is 0 Å². The summed E-state index contributed by atoms with van der Waals surface area (Å²) in [7, 11) is 0. The number of rotatable bonds is 5. The quantitative estimate of drug-likeness (QED) is 0.453. The van der Waals surface area contributed by atoms with E-state index < -0.39 is 5.54 Å². The van der Waals surface area contributed by atoms with Crippen LogP contribution < -0.4 is 10.6 Å². The molecule has 3 nitrogen and oxygen atoms in total. The Morgan fingerprint density at radius 1 is 0.645 bits per heavy atom. The van der Waals surface area contributed by atoms with Crippen LogP contribution in [0.4, 0.5) is 5.69 Å². The minimum atomic E-state index is -0.669. The molecular weight excluding hydrogens is 380 g/mol. The van der Waals surface area contributed by atoms with Gasteiger partial charge in [0.25, 0.3) is 0 Å². The summed E-state index contributed by atoms with van der Waals surface area (Å²) in [5.74, 6) is -0.00846. The molecule has 0 saturated carbocycles. The molecule has 0 unspecified atom stereocenters. The molecule has 0 radical (unpaired) electrons. The van der Waals surface area contributed by atoms with Gasteiger partial charge in [0.05, 0.1) is 11.6 Å². The van der Waals surface area contributed by atoms with Gasteiger partial charge in [0.1, 0.15) is 0 Å². The normalized spacial score (nSPS) is 15.7. The third-order valence-corrected chi connectivity index (χ3v) is 6.03.